The molecule has 4 nitrogen and oxygen atoms in total. The molecule has 0 aliphatic heterocycles. The molecule has 0 aliphatic rings. The van der Waals surface area contributed by atoms with Gasteiger partial charge in [-0.25, -0.2) is 0 Å². The molecule has 0 saturated carbocycles. The standard InChI is InChI=1S/C14H20N2O2/c1-3-17-13-7-11-10(5-6-15)9-16-12(11)8-14(13)18-4-2/h7-9,16H,3-6,15H2,1-2H3. The van der Waals surface area contributed by atoms with Gasteiger partial charge in [0.25, 0.3) is 0 Å². The Kier molecular flexibility index (Phi) is 4.10. The van der Waals surface area contributed by atoms with E-state index in [1.165, 1.54) is 5.56 Å². The number of rotatable bonds is 6. The lowest BCUT2D eigenvalue weighted by Gasteiger charge is -2.11. The second kappa shape index (κ2) is 5.78. The summed E-state index contributed by atoms with van der Waals surface area (Å²) in [6.45, 7) is 5.83. The average molecular weight is 248 g/mol. The van der Waals surface area contributed by atoms with E-state index >= 15 is 0 Å². The molecule has 2 aromatic rings. The summed E-state index contributed by atoms with van der Waals surface area (Å²) in [5, 5.41) is 1.16. The van der Waals surface area contributed by atoms with E-state index in [0.29, 0.717) is 19.8 Å². The van der Waals surface area contributed by atoms with Crippen LogP contribution in [0.2, 0.25) is 0 Å². The number of fused-ring (bicyclic) bond motifs is 1. The third-order valence-corrected chi connectivity index (χ3v) is 2.85. The number of aromatic nitrogens is 1. The Morgan fingerprint density at radius 2 is 1.78 bits per heavy atom. The van der Waals surface area contributed by atoms with Gasteiger partial charge in [0.15, 0.2) is 11.5 Å². The number of H-pyrrole nitrogens is 1. The van der Waals surface area contributed by atoms with Gasteiger partial charge in [-0.3, -0.25) is 0 Å². The monoisotopic (exact) mass is 248 g/mol. The van der Waals surface area contributed by atoms with Gasteiger partial charge in [0, 0.05) is 23.2 Å². The fraction of sp³-hybridized carbons (Fsp3) is 0.429. The Labute approximate surface area is 107 Å². The van der Waals surface area contributed by atoms with Gasteiger partial charge < -0.3 is 20.2 Å². The van der Waals surface area contributed by atoms with E-state index < -0.39 is 0 Å². The van der Waals surface area contributed by atoms with Crippen LogP contribution >= 0.6 is 0 Å². The molecule has 2 rings (SSSR count). The highest BCUT2D eigenvalue weighted by molar-refractivity contribution is 5.86. The molecular formula is C14H20N2O2. The summed E-state index contributed by atoms with van der Waals surface area (Å²) in [6.07, 6.45) is 2.86. The fourth-order valence-corrected chi connectivity index (χ4v) is 2.09. The van der Waals surface area contributed by atoms with Crippen molar-refractivity contribution in [2.45, 2.75) is 20.3 Å². The molecule has 0 spiro atoms. The molecule has 0 amide bonds. The second-order valence-electron chi connectivity index (χ2n) is 4.06. The minimum absolute atomic E-state index is 0.627. The summed E-state index contributed by atoms with van der Waals surface area (Å²) in [5.74, 6) is 1.58. The molecule has 0 unspecified atom stereocenters. The number of hydrogen-bond donors (Lipinski definition) is 2. The highest BCUT2D eigenvalue weighted by Gasteiger charge is 2.10. The first-order valence-corrected chi connectivity index (χ1v) is 6.39. The molecule has 0 aliphatic carbocycles. The maximum absolute atomic E-state index is 5.63. The van der Waals surface area contributed by atoms with Crippen molar-refractivity contribution in [1.29, 1.82) is 0 Å². The normalized spacial score (nSPS) is 10.8. The molecule has 0 bridgehead atoms. The van der Waals surface area contributed by atoms with Gasteiger partial charge in [-0.05, 0) is 38.4 Å². The zero-order valence-corrected chi connectivity index (χ0v) is 11.0. The highest BCUT2D eigenvalue weighted by Crippen LogP contribution is 2.34. The van der Waals surface area contributed by atoms with Crippen LogP contribution in [0, 0.1) is 0 Å². The van der Waals surface area contributed by atoms with E-state index in [9.17, 15) is 0 Å². The maximum Gasteiger partial charge on any atom is 0.163 e. The number of nitrogens with one attached hydrogen (secondary N) is 1. The number of ether oxygens (including phenoxy) is 2. The Morgan fingerprint density at radius 1 is 1.11 bits per heavy atom. The van der Waals surface area contributed by atoms with Crippen molar-refractivity contribution < 1.29 is 9.47 Å². The van der Waals surface area contributed by atoms with Crippen LogP contribution < -0.4 is 15.2 Å². The molecule has 1 heterocycles. The number of benzene rings is 1. The minimum atomic E-state index is 0.627. The van der Waals surface area contributed by atoms with Crippen molar-refractivity contribution in [2.75, 3.05) is 19.8 Å². The quantitative estimate of drug-likeness (QED) is 0.825. The summed E-state index contributed by atoms with van der Waals surface area (Å²) in [6, 6.07) is 4.02. The minimum Gasteiger partial charge on any atom is -0.490 e. The zero-order chi connectivity index (χ0) is 13.0. The van der Waals surface area contributed by atoms with Crippen LogP contribution in [0.4, 0.5) is 0 Å². The first-order valence-electron chi connectivity index (χ1n) is 6.39. The highest BCUT2D eigenvalue weighted by atomic mass is 16.5. The van der Waals surface area contributed by atoms with Gasteiger partial charge in [0.2, 0.25) is 0 Å². The van der Waals surface area contributed by atoms with Crippen LogP contribution in [0.5, 0.6) is 11.5 Å². The van der Waals surface area contributed by atoms with Crippen molar-refractivity contribution in [3.8, 4) is 11.5 Å². The average Bonchev–Trinajstić information content (AvgIpc) is 2.74. The molecule has 3 N–H and O–H groups in total. The van der Waals surface area contributed by atoms with Crippen molar-refractivity contribution in [3.63, 3.8) is 0 Å². The fourth-order valence-electron chi connectivity index (χ4n) is 2.09. The van der Waals surface area contributed by atoms with E-state index in [2.05, 4.69) is 4.98 Å². The predicted octanol–water partition coefficient (Wildman–Crippen LogP) is 2.47. The summed E-state index contributed by atoms with van der Waals surface area (Å²) in [7, 11) is 0. The van der Waals surface area contributed by atoms with E-state index in [1.807, 2.05) is 32.2 Å². The van der Waals surface area contributed by atoms with Gasteiger partial charge in [-0.15, -0.1) is 0 Å². The number of hydrogen-bond acceptors (Lipinski definition) is 3. The molecule has 18 heavy (non-hydrogen) atoms. The summed E-state index contributed by atoms with van der Waals surface area (Å²) < 4.78 is 11.2. The summed E-state index contributed by atoms with van der Waals surface area (Å²) >= 11 is 0. The van der Waals surface area contributed by atoms with Gasteiger partial charge in [0.1, 0.15) is 0 Å². The van der Waals surface area contributed by atoms with Gasteiger partial charge >= 0.3 is 0 Å². The molecular weight excluding hydrogens is 228 g/mol. The van der Waals surface area contributed by atoms with Crippen LogP contribution in [0.1, 0.15) is 19.4 Å². The first-order chi connectivity index (χ1) is 8.80. The Bertz CT molecular complexity index is 520. The molecule has 98 valence electrons. The SMILES string of the molecule is CCOc1cc2[nH]cc(CCN)c2cc1OCC. The van der Waals surface area contributed by atoms with Gasteiger partial charge in [0.05, 0.1) is 13.2 Å². The maximum atomic E-state index is 5.63. The Morgan fingerprint density at radius 3 is 2.39 bits per heavy atom. The lowest BCUT2D eigenvalue weighted by molar-refractivity contribution is 0.288. The summed E-state index contributed by atoms with van der Waals surface area (Å²) in [4.78, 5) is 3.25. The second-order valence-corrected chi connectivity index (χ2v) is 4.06. The van der Waals surface area contributed by atoms with Crippen LogP contribution in [0.3, 0.4) is 0 Å². The topological polar surface area (TPSA) is 60.3 Å². The van der Waals surface area contributed by atoms with Crippen molar-refractivity contribution in [2.24, 2.45) is 5.73 Å². The van der Waals surface area contributed by atoms with Crippen LogP contribution in [0.15, 0.2) is 18.3 Å². The molecule has 0 fully saturated rings. The molecule has 4 heteroatoms. The largest absolute Gasteiger partial charge is 0.490 e. The van der Waals surface area contributed by atoms with Gasteiger partial charge in [-0.1, -0.05) is 0 Å². The van der Waals surface area contributed by atoms with E-state index in [4.69, 9.17) is 15.2 Å². The predicted molar refractivity (Wildman–Crippen MR) is 73.4 cm³/mol. The third kappa shape index (κ3) is 2.43. The lowest BCUT2D eigenvalue weighted by atomic mass is 10.1. The van der Waals surface area contributed by atoms with E-state index in [1.54, 1.807) is 0 Å². The van der Waals surface area contributed by atoms with Crippen LogP contribution in [-0.2, 0) is 6.42 Å². The van der Waals surface area contributed by atoms with Gasteiger partial charge in [-0.2, -0.15) is 0 Å². The third-order valence-electron chi connectivity index (χ3n) is 2.85. The molecule has 1 aromatic carbocycles. The Balaban J connectivity index is 2.48. The smallest absolute Gasteiger partial charge is 0.163 e. The number of nitrogens with two attached hydrogens (primary N) is 1. The first kappa shape index (κ1) is 12.8. The van der Waals surface area contributed by atoms with Crippen molar-refractivity contribution in [1.82, 2.24) is 4.98 Å². The Hall–Kier alpha value is -1.68. The summed E-state index contributed by atoms with van der Waals surface area (Å²) in [5.41, 5.74) is 7.89. The van der Waals surface area contributed by atoms with E-state index in [0.717, 1.165) is 28.8 Å². The van der Waals surface area contributed by atoms with E-state index in [-0.39, 0.29) is 0 Å². The molecule has 0 radical (unpaired) electrons. The van der Waals surface area contributed by atoms with Crippen LogP contribution in [0.25, 0.3) is 10.9 Å². The van der Waals surface area contributed by atoms with Crippen LogP contribution in [-0.4, -0.2) is 24.7 Å². The van der Waals surface area contributed by atoms with Crippen molar-refractivity contribution >= 4 is 10.9 Å². The zero-order valence-electron chi connectivity index (χ0n) is 11.0. The number of aromatic amines is 1. The molecule has 0 saturated heterocycles. The van der Waals surface area contributed by atoms with Crippen molar-refractivity contribution in [3.05, 3.63) is 23.9 Å². The molecule has 1 aromatic heterocycles. The lowest BCUT2D eigenvalue weighted by Crippen LogP contribution is -2.02. The molecule has 0 atom stereocenters.